The molecule has 2 aromatic carbocycles. The molecule has 1 atom stereocenters. The quantitative estimate of drug-likeness (QED) is 0.886. The highest BCUT2D eigenvalue weighted by Gasteiger charge is 2.30. The first kappa shape index (κ1) is 13.5. The molecule has 0 radical (unpaired) electrons. The van der Waals surface area contributed by atoms with E-state index in [1.807, 2.05) is 55.5 Å². The van der Waals surface area contributed by atoms with Gasteiger partial charge in [0.05, 0.1) is 5.54 Å². The third kappa shape index (κ3) is 3.09. The minimum Gasteiger partial charge on any atom is -0.298 e. The molecular formula is C17H19NO. The summed E-state index contributed by atoms with van der Waals surface area (Å²) in [6, 6.07) is 20.0. The Bertz CT molecular complexity index is 536. The van der Waals surface area contributed by atoms with Gasteiger partial charge in [-0.25, -0.2) is 0 Å². The topological polar surface area (TPSA) is 29.1 Å². The Morgan fingerprint density at radius 2 is 1.53 bits per heavy atom. The molecule has 0 heterocycles. The first-order valence-corrected chi connectivity index (χ1v) is 6.48. The SMILES string of the molecule is CC(=O)[C@](C)(NCc1ccccc1)c1ccccc1. The third-order valence-corrected chi connectivity index (χ3v) is 3.54. The van der Waals surface area contributed by atoms with Crippen LogP contribution in [0.15, 0.2) is 60.7 Å². The number of benzene rings is 2. The Morgan fingerprint density at radius 1 is 1.00 bits per heavy atom. The monoisotopic (exact) mass is 253 g/mol. The lowest BCUT2D eigenvalue weighted by Gasteiger charge is -2.29. The number of hydrogen-bond acceptors (Lipinski definition) is 2. The molecule has 2 heteroatoms. The van der Waals surface area contributed by atoms with Crippen molar-refractivity contribution in [2.45, 2.75) is 25.9 Å². The van der Waals surface area contributed by atoms with E-state index >= 15 is 0 Å². The van der Waals surface area contributed by atoms with E-state index in [2.05, 4.69) is 17.4 Å². The van der Waals surface area contributed by atoms with Gasteiger partial charge in [-0.15, -0.1) is 0 Å². The van der Waals surface area contributed by atoms with Crippen molar-refractivity contribution in [1.29, 1.82) is 0 Å². The van der Waals surface area contributed by atoms with Crippen molar-refractivity contribution in [3.05, 3.63) is 71.8 Å². The number of hydrogen-bond donors (Lipinski definition) is 1. The van der Waals surface area contributed by atoms with Gasteiger partial charge in [-0.2, -0.15) is 0 Å². The van der Waals surface area contributed by atoms with Crippen molar-refractivity contribution in [1.82, 2.24) is 5.32 Å². The van der Waals surface area contributed by atoms with Crippen LogP contribution in [0.1, 0.15) is 25.0 Å². The predicted molar refractivity (Wildman–Crippen MR) is 77.8 cm³/mol. The fraction of sp³-hybridized carbons (Fsp3) is 0.235. The molecule has 2 rings (SSSR count). The molecule has 0 aliphatic rings. The Balaban J connectivity index is 2.19. The highest BCUT2D eigenvalue weighted by atomic mass is 16.1. The van der Waals surface area contributed by atoms with Gasteiger partial charge in [0.2, 0.25) is 0 Å². The van der Waals surface area contributed by atoms with Crippen molar-refractivity contribution < 1.29 is 4.79 Å². The van der Waals surface area contributed by atoms with Crippen LogP contribution in [-0.2, 0) is 16.9 Å². The summed E-state index contributed by atoms with van der Waals surface area (Å²) in [4.78, 5) is 12.0. The van der Waals surface area contributed by atoms with Crippen molar-refractivity contribution in [3.8, 4) is 0 Å². The fourth-order valence-electron chi connectivity index (χ4n) is 2.08. The Kier molecular flexibility index (Phi) is 4.13. The minimum absolute atomic E-state index is 0.120. The summed E-state index contributed by atoms with van der Waals surface area (Å²) in [5.41, 5.74) is 1.53. The second-order valence-electron chi connectivity index (χ2n) is 4.89. The molecule has 0 fully saturated rings. The molecule has 0 spiro atoms. The Labute approximate surface area is 114 Å². The van der Waals surface area contributed by atoms with Crippen LogP contribution in [0.4, 0.5) is 0 Å². The molecule has 98 valence electrons. The molecule has 2 nitrogen and oxygen atoms in total. The van der Waals surface area contributed by atoms with Gasteiger partial charge in [0.15, 0.2) is 5.78 Å². The molecule has 19 heavy (non-hydrogen) atoms. The second kappa shape index (κ2) is 5.81. The van der Waals surface area contributed by atoms with E-state index < -0.39 is 5.54 Å². The average molecular weight is 253 g/mol. The molecule has 0 aliphatic heterocycles. The summed E-state index contributed by atoms with van der Waals surface area (Å²) >= 11 is 0. The second-order valence-corrected chi connectivity index (χ2v) is 4.89. The molecule has 1 N–H and O–H groups in total. The third-order valence-electron chi connectivity index (χ3n) is 3.54. The van der Waals surface area contributed by atoms with E-state index in [0.717, 1.165) is 5.56 Å². The van der Waals surface area contributed by atoms with Gasteiger partial charge in [0.1, 0.15) is 0 Å². The molecule has 0 saturated heterocycles. The zero-order valence-corrected chi connectivity index (χ0v) is 11.4. The Hall–Kier alpha value is -1.93. The summed E-state index contributed by atoms with van der Waals surface area (Å²) in [6.45, 7) is 4.24. The molecule has 0 amide bonds. The van der Waals surface area contributed by atoms with Gasteiger partial charge in [0, 0.05) is 6.54 Å². The lowest BCUT2D eigenvalue weighted by atomic mass is 9.88. The lowest BCUT2D eigenvalue weighted by Crippen LogP contribution is -2.45. The minimum atomic E-state index is -0.642. The zero-order chi connectivity index (χ0) is 13.7. The van der Waals surface area contributed by atoms with Crippen LogP contribution in [0, 0.1) is 0 Å². The molecule has 2 aromatic rings. The number of carbonyl (C=O) groups excluding carboxylic acids is 1. The lowest BCUT2D eigenvalue weighted by molar-refractivity contribution is -0.123. The largest absolute Gasteiger partial charge is 0.298 e. The van der Waals surface area contributed by atoms with Gasteiger partial charge < -0.3 is 0 Å². The van der Waals surface area contributed by atoms with Crippen molar-refractivity contribution in [3.63, 3.8) is 0 Å². The number of carbonyl (C=O) groups is 1. The average Bonchev–Trinajstić information content (AvgIpc) is 2.46. The maximum Gasteiger partial charge on any atom is 0.154 e. The number of nitrogens with one attached hydrogen (secondary N) is 1. The van der Waals surface area contributed by atoms with Crippen molar-refractivity contribution in [2.75, 3.05) is 0 Å². The molecular weight excluding hydrogens is 234 g/mol. The number of Topliss-reactive ketones (excluding diaryl/α,β-unsaturated/α-hetero) is 1. The highest BCUT2D eigenvalue weighted by Crippen LogP contribution is 2.22. The molecule has 0 bridgehead atoms. The number of ketones is 1. The molecule has 0 unspecified atom stereocenters. The predicted octanol–water partition coefficient (Wildman–Crippen LogP) is 3.28. The van der Waals surface area contributed by atoms with E-state index in [-0.39, 0.29) is 5.78 Å². The molecule has 0 aromatic heterocycles. The number of rotatable bonds is 5. The van der Waals surface area contributed by atoms with Crippen LogP contribution >= 0.6 is 0 Å². The normalized spacial score (nSPS) is 13.8. The van der Waals surface area contributed by atoms with Crippen molar-refractivity contribution >= 4 is 5.78 Å². The van der Waals surface area contributed by atoms with Crippen LogP contribution in [-0.4, -0.2) is 5.78 Å². The van der Waals surface area contributed by atoms with Gasteiger partial charge >= 0.3 is 0 Å². The first-order chi connectivity index (χ1) is 9.13. The standard InChI is InChI=1S/C17H19NO/c1-14(19)17(2,16-11-7-4-8-12-16)18-13-15-9-5-3-6-10-15/h3-12,18H,13H2,1-2H3/t17-/m0/s1. The summed E-state index contributed by atoms with van der Waals surface area (Å²) in [7, 11) is 0. The van der Waals surface area contributed by atoms with Crippen LogP contribution in [0.3, 0.4) is 0 Å². The Morgan fingerprint density at radius 3 is 2.05 bits per heavy atom. The van der Waals surface area contributed by atoms with Crippen molar-refractivity contribution in [2.24, 2.45) is 0 Å². The van der Waals surface area contributed by atoms with Gasteiger partial charge in [-0.1, -0.05) is 60.7 Å². The summed E-state index contributed by atoms with van der Waals surface area (Å²) in [5, 5.41) is 3.38. The van der Waals surface area contributed by atoms with E-state index in [1.165, 1.54) is 5.56 Å². The van der Waals surface area contributed by atoms with Gasteiger partial charge in [-0.3, -0.25) is 10.1 Å². The van der Waals surface area contributed by atoms with Crippen LogP contribution in [0.2, 0.25) is 0 Å². The first-order valence-electron chi connectivity index (χ1n) is 6.48. The fourth-order valence-corrected chi connectivity index (χ4v) is 2.08. The van der Waals surface area contributed by atoms with E-state index in [0.29, 0.717) is 6.54 Å². The molecule has 0 aliphatic carbocycles. The van der Waals surface area contributed by atoms with E-state index in [1.54, 1.807) is 6.92 Å². The maximum atomic E-state index is 12.0. The molecule has 0 saturated carbocycles. The van der Waals surface area contributed by atoms with Crippen LogP contribution in [0.5, 0.6) is 0 Å². The highest BCUT2D eigenvalue weighted by molar-refractivity contribution is 5.87. The zero-order valence-electron chi connectivity index (χ0n) is 11.4. The summed E-state index contributed by atoms with van der Waals surface area (Å²) in [6.07, 6.45) is 0. The summed E-state index contributed by atoms with van der Waals surface area (Å²) < 4.78 is 0. The van der Waals surface area contributed by atoms with Gasteiger partial charge in [-0.05, 0) is 25.0 Å². The maximum absolute atomic E-state index is 12.0. The van der Waals surface area contributed by atoms with Crippen LogP contribution in [0.25, 0.3) is 0 Å². The van der Waals surface area contributed by atoms with Crippen LogP contribution < -0.4 is 5.32 Å². The summed E-state index contributed by atoms with van der Waals surface area (Å²) in [5.74, 6) is 0.120. The van der Waals surface area contributed by atoms with E-state index in [9.17, 15) is 4.79 Å². The smallest absolute Gasteiger partial charge is 0.154 e. The van der Waals surface area contributed by atoms with Gasteiger partial charge in [0.25, 0.3) is 0 Å². The van der Waals surface area contributed by atoms with E-state index in [4.69, 9.17) is 0 Å².